The van der Waals surface area contributed by atoms with Crippen molar-refractivity contribution in [1.29, 1.82) is 0 Å². The maximum atomic E-state index is 5.08. The molecule has 0 bridgehead atoms. The summed E-state index contributed by atoms with van der Waals surface area (Å²) in [6.45, 7) is 6.28. The molecule has 0 aliphatic heterocycles. The van der Waals surface area contributed by atoms with Crippen LogP contribution in [0.2, 0.25) is 0 Å². The van der Waals surface area contributed by atoms with Crippen LogP contribution < -0.4 is 5.32 Å². The molecule has 0 aromatic carbocycles. The van der Waals surface area contributed by atoms with Crippen molar-refractivity contribution < 1.29 is 4.74 Å². The van der Waals surface area contributed by atoms with Crippen LogP contribution in [0.4, 0.5) is 0 Å². The third-order valence-electron chi connectivity index (χ3n) is 2.36. The Morgan fingerprint density at radius 3 is 2.87 bits per heavy atom. The molecule has 0 spiro atoms. The number of methoxy groups -OCH3 is 1. The molecule has 0 amide bonds. The number of nitrogens with one attached hydrogen (secondary N) is 1. The molecule has 2 atom stereocenters. The minimum absolute atomic E-state index is 0.445. The van der Waals surface area contributed by atoms with E-state index >= 15 is 0 Å². The summed E-state index contributed by atoms with van der Waals surface area (Å²) in [4.78, 5) is 1.48. The Morgan fingerprint density at radius 1 is 1.47 bits per heavy atom. The lowest BCUT2D eigenvalue weighted by Crippen LogP contribution is -2.34. The topological polar surface area (TPSA) is 21.3 Å². The molecule has 0 saturated heterocycles. The van der Waals surface area contributed by atoms with Crippen LogP contribution in [0.1, 0.15) is 18.7 Å². The van der Waals surface area contributed by atoms with Gasteiger partial charge in [0.1, 0.15) is 0 Å². The van der Waals surface area contributed by atoms with Crippen LogP contribution in [-0.4, -0.2) is 26.3 Å². The van der Waals surface area contributed by atoms with Gasteiger partial charge in [0, 0.05) is 18.0 Å². The van der Waals surface area contributed by atoms with Gasteiger partial charge in [-0.1, -0.05) is 13.0 Å². The van der Waals surface area contributed by atoms with E-state index in [1.807, 2.05) is 11.3 Å². The molecule has 1 aromatic rings. The second-order valence-electron chi connectivity index (χ2n) is 4.15. The first-order chi connectivity index (χ1) is 7.22. The quantitative estimate of drug-likeness (QED) is 0.773. The van der Waals surface area contributed by atoms with E-state index < -0.39 is 0 Å². The van der Waals surface area contributed by atoms with Gasteiger partial charge in [-0.2, -0.15) is 0 Å². The standard InChI is InChI=1S/C12H21NOS/c1-10(7-12-5-4-6-15-12)8-13-11(2)9-14-3/h4-6,10-11,13H,7-9H2,1-3H3. The second kappa shape index (κ2) is 6.99. The molecular formula is C12H21NOS. The molecule has 1 heterocycles. The summed E-state index contributed by atoms with van der Waals surface area (Å²) in [7, 11) is 1.74. The normalized spacial score (nSPS) is 15.1. The highest BCUT2D eigenvalue weighted by atomic mass is 32.1. The van der Waals surface area contributed by atoms with E-state index in [1.54, 1.807) is 7.11 Å². The van der Waals surface area contributed by atoms with Gasteiger partial charge in [-0.3, -0.25) is 0 Å². The third kappa shape index (κ3) is 5.30. The smallest absolute Gasteiger partial charge is 0.0613 e. The number of rotatable bonds is 7. The molecule has 86 valence electrons. The van der Waals surface area contributed by atoms with Gasteiger partial charge in [0.25, 0.3) is 0 Å². The number of hydrogen-bond acceptors (Lipinski definition) is 3. The summed E-state index contributed by atoms with van der Waals surface area (Å²) in [5, 5.41) is 5.62. The lowest BCUT2D eigenvalue weighted by molar-refractivity contribution is 0.170. The van der Waals surface area contributed by atoms with Crippen LogP contribution in [0.25, 0.3) is 0 Å². The van der Waals surface area contributed by atoms with Crippen LogP contribution in [0.15, 0.2) is 17.5 Å². The first-order valence-corrected chi connectivity index (χ1v) is 6.35. The Bertz CT molecular complexity index is 248. The van der Waals surface area contributed by atoms with Crippen molar-refractivity contribution >= 4 is 11.3 Å². The maximum Gasteiger partial charge on any atom is 0.0613 e. The number of thiophene rings is 1. The fraction of sp³-hybridized carbons (Fsp3) is 0.667. The zero-order valence-electron chi connectivity index (χ0n) is 9.82. The van der Waals surface area contributed by atoms with Crippen molar-refractivity contribution in [3.63, 3.8) is 0 Å². The Kier molecular flexibility index (Phi) is 5.91. The second-order valence-corrected chi connectivity index (χ2v) is 5.19. The van der Waals surface area contributed by atoms with Crippen molar-refractivity contribution in [3.8, 4) is 0 Å². The summed E-state index contributed by atoms with van der Waals surface area (Å²) >= 11 is 1.84. The molecule has 15 heavy (non-hydrogen) atoms. The molecule has 0 saturated carbocycles. The Labute approximate surface area is 96.7 Å². The average molecular weight is 227 g/mol. The van der Waals surface area contributed by atoms with Gasteiger partial charge in [-0.15, -0.1) is 11.3 Å². The minimum atomic E-state index is 0.445. The van der Waals surface area contributed by atoms with E-state index in [-0.39, 0.29) is 0 Å². The van der Waals surface area contributed by atoms with E-state index in [0.29, 0.717) is 12.0 Å². The molecule has 0 aliphatic rings. The fourth-order valence-corrected chi connectivity index (χ4v) is 2.43. The molecule has 1 aromatic heterocycles. The largest absolute Gasteiger partial charge is 0.383 e. The summed E-state index contributed by atoms with van der Waals surface area (Å²) in [5.74, 6) is 0.683. The SMILES string of the molecule is COCC(C)NCC(C)Cc1cccs1. The van der Waals surface area contributed by atoms with Gasteiger partial charge in [-0.25, -0.2) is 0 Å². The highest BCUT2D eigenvalue weighted by molar-refractivity contribution is 7.09. The first kappa shape index (κ1) is 12.7. The van der Waals surface area contributed by atoms with E-state index in [2.05, 4.69) is 36.7 Å². The van der Waals surface area contributed by atoms with E-state index in [9.17, 15) is 0 Å². The molecule has 2 unspecified atom stereocenters. The van der Waals surface area contributed by atoms with Crippen molar-refractivity contribution in [2.45, 2.75) is 26.3 Å². The van der Waals surface area contributed by atoms with Crippen LogP contribution in [0.5, 0.6) is 0 Å². The van der Waals surface area contributed by atoms with E-state index in [1.165, 1.54) is 11.3 Å². The maximum absolute atomic E-state index is 5.08. The summed E-state index contributed by atoms with van der Waals surface area (Å²) < 4.78 is 5.08. The molecular weight excluding hydrogens is 206 g/mol. The van der Waals surface area contributed by atoms with E-state index in [0.717, 1.165) is 13.2 Å². The van der Waals surface area contributed by atoms with Crippen LogP contribution in [0.3, 0.4) is 0 Å². The summed E-state index contributed by atoms with van der Waals surface area (Å²) in [6.07, 6.45) is 1.17. The molecule has 1 rings (SSSR count). The van der Waals surface area contributed by atoms with Crippen molar-refractivity contribution in [3.05, 3.63) is 22.4 Å². The lowest BCUT2D eigenvalue weighted by atomic mass is 10.1. The van der Waals surface area contributed by atoms with Crippen LogP contribution in [-0.2, 0) is 11.2 Å². The van der Waals surface area contributed by atoms with Gasteiger partial charge in [0.15, 0.2) is 0 Å². The van der Waals surface area contributed by atoms with Gasteiger partial charge in [0.05, 0.1) is 6.61 Å². The van der Waals surface area contributed by atoms with Gasteiger partial charge in [-0.05, 0) is 37.3 Å². The highest BCUT2D eigenvalue weighted by Crippen LogP contribution is 2.13. The van der Waals surface area contributed by atoms with Gasteiger partial charge in [0.2, 0.25) is 0 Å². The fourth-order valence-electron chi connectivity index (χ4n) is 1.56. The number of hydrogen-bond donors (Lipinski definition) is 1. The zero-order valence-corrected chi connectivity index (χ0v) is 10.6. The lowest BCUT2D eigenvalue weighted by Gasteiger charge is -2.16. The Balaban J connectivity index is 2.16. The van der Waals surface area contributed by atoms with Gasteiger partial charge >= 0.3 is 0 Å². The predicted molar refractivity (Wildman–Crippen MR) is 66.5 cm³/mol. The van der Waals surface area contributed by atoms with Crippen LogP contribution >= 0.6 is 11.3 Å². The molecule has 2 nitrogen and oxygen atoms in total. The van der Waals surface area contributed by atoms with Crippen molar-refractivity contribution in [2.24, 2.45) is 5.92 Å². The van der Waals surface area contributed by atoms with Crippen molar-refractivity contribution in [1.82, 2.24) is 5.32 Å². The third-order valence-corrected chi connectivity index (χ3v) is 3.26. The van der Waals surface area contributed by atoms with Crippen molar-refractivity contribution in [2.75, 3.05) is 20.3 Å². The highest BCUT2D eigenvalue weighted by Gasteiger charge is 2.06. The van der Waals surface area contributed by atoms with Gasteiger partial charge < -0.3 is 10.1 Å². The predicted octanol–water partition coefficient (Wildman–Crippen LogP) is 2.55. The number of ether oxygens (including phenoxy) is 1. The average Bonchev–Trinajstić information content (AvgIpc) is 2.68. The molecule has 1 N–H and O–H groups in total. The Morgan fingerprint density at radius 2 is 2.27 bits per heavy atom. The minimum Gasteiger partial charge on any atom is -0.383 e. The molecule has 0 aliphatic carbocycles. The zero-order chi connectivity index (χ0) is 11.1. The summed E-state index contributed by atoms with van der Waals surface area (Å²) in [6, 6.07) is 4.77. The summed E-state index contributed by atoms with van der Waals surface area (Å²) in [5.41, 5.74) is 0. The van der Waals surface area contributed by atoms with E-state index in [4.69, 9.17) is 4.74 Å². The van der Waals surface area contributed by atoms with Crippen LogP contribution in [0, 0.1) is 5.92 Å². The molecule has 0 fully saturated rings. The molecule has 0 radical (unpaired) electrons. The first-order valence-electron chi connectivity index (χ1n) is 5.47. The monoisotopic (exact) mass is 227 g/mol. The molecule has 3 heteroatoms. The Hall–Kier alpha value is -0.380.